The largest absolute Gasteiger partial charge is 0.337 e. The van der Waals surface area contributed by atoms with E-state index in [-0.39, 0.29) is 0 Å². The Morgan fingerprint density at radius 3 is 2.67 bits per heavy atom. The molecule has 1 fully saturated rings. The van der Waals surface area contributed by atoms with Crippen molar-refractivity contribution in [3.8, 4) is 0 Å². The normalized spacial score (nSPS) is 26.2. The van der Waals surface area contributed by atoms with E-state index in [2.05, 4.69) is 35.8 Å². The molecule has 1 aromatic heterocycles. The van der Waals surface area contributed by atoms with E-state index in [4.69, 9.17) is 0 Å². The van der Waals surface area contributed by atoms with Gasteiger partial charge in [-0.05, 0) is 38.5 Å². The van der Waals surface area contributed by atoms with Crippen LogP contribution in [0.2, 0.25) is 0 Å². The van der Waals surface area contributed by atoms with Gasteiger partial charge in [0.05, 0.1) is 6.04 Å². The number of nitrogens with one attached hydrogen (secondary N) is 1. The molecule has 102 valence electrons. The zero-order valence-corrected chi connectivity index (χ0v) is 12.0. The van der Waals surface area contributed by atoms with Crippen molar-refractivity contribution < 1.29 is 0 Å². The molecule has 18 heavy (non-hydrogen) atoms. The van der Waals surface area contributed by atoms with Crippen LogP contribution in [0.5, 0.6) is 0 Å². The molecule has 1 saturated carbocycles. The average molecular weight is 249 g/mol. The van der Waals surface area contributed by atoms with Crippen LogP contribution in [0, 0.1) is 5.92 Å². The summed E-state index contributed by atoms with van der Waals surface area (Å²) in [5.41, 5.74) is 0. The van der Waals surface area contributed by atoms with Gasteiger partial charge in [0.2, 0.25) is 0 Å². The zero-order valence-electron chi connectivity index (χ0n) is 12.0. The topological polar surface area (TPSA) is 29.9 Å². The van der Waals surface area contributed by atoms with E-state index in [0.717, 1.165) is 11.7 Å². The van der Waals surface area contributed by atoms with Crippen LogP contribution in [0.15, 0.2) is 12.4 Å². The third-order valence-electron chi connectivity index (χ3n) is 4.28. The minimum absolute atomic E-state index is 0.359. The predicted octanol–water partition coefficient (Wildman–Crippen LogP) is 3.43. The van der Waals surface area contributed by atoms with Crippen molar-refractivity contribution in [1.29, 1.82) is 0 Å². The van der Waals surface area contributed by atoms with Crippen molar-refractivity contribution >= 4 is 0 Å². The Kier molecular flexibility index (Phi) is 4.81. The van der Waals surface area contributed by atoms with Crippen LogP contribution in [-0.2, 0) is 7.05 Å². The van der Waals surface area contributed by atoms with E-state index in [1.54, 1.807) is 0 Å². The van der Waals surface area contributed by atoms with Gasteiger partial charge >= 0.3 is 0 Å². The van der Waals surface area contributed by atoms with Gasteiger partial charge in [-0.2, -0.15) is 0 Å². The van der Waals surface area contributed by atoms with Crippen LogP contribution in [0.25, 0.3) is 0 Å². The molecule has 3 nitrogen and oxygen atoms in total. The van der Waals surface area contributed by atoms with Gasteiger partial charge in [-0.1, -0.05) is 19.8 Å². The molecule has 1 aromatic rings. The maximum Gasteiger partial charge on any atom is 0.125 e. The van der Waals surface area contributed by atoms with Crippen LogP contribution in [0.1, 0.15) is 64.2 Å². The van der Waals surface area contributed by atoms with Gasteiger partial charge in [0, 0.05) is 25.5 Å². The fraction of sp³-hybridized carbons (Fsp3) is 0.800. The van der Waals surface area contributed by atoms with Crippen molar-refractivity contribution in [3.63, 3.8) is 0 Å². The van der Waals surface area contributed by atoms with Crippen molar-refractivity contribution in [3.05, 3.63) is 18.2 Å². The maximum atomic E-state index is 4.43. The van der Waals surface area contributed by atoms with Gasteiger partial charge in [-0.25, -0.2) is 4.98 Å². The summed E-state index contributed by atoms with van der Waals surface area (Å²) in [5.74, 6) is 2.13. The molecule has 1 heterocycles. The summed E-state index contributed by atoms with van der Waals surface area (Å²) in [6.07, 6.45) is 12.1. The van der Waals surface area contributed by atoms with Crippen molar-refractivity contribution in [2.24, 2.45) is 13.0 Å². The van der Waals surface area contributed by atoms with Gasteiger partial charge in [0.1, 0.15) is 5.82 Å². The lowest BCUT2D eigenvalue weighted by Crippen LogP contribution is -2.35. The van der Waals surface area contributed by atoms with Crippen LogP contribution in [0.4, 0.5) is 0 Å². The Hall–Kier alpha value is -0.830. The van der Waals surface area contributed by atoms with Crippen molar-refractivity contribution in [2.75, 3.05) is 0 Å². The van der Waals surface area contributed by atoms with E-state index in [0.29, 0.717) is 12.1 Å². The molecule has 1 aliphatic carbocycles. The highest BCUT2D eigenvalue weighted by atomic mass is 15.1. The number of hydrogen-bond acceptors (Lipinski definition) is 2. The number of aryl methyl sites for hydroxylation is 1. The van der Waals surface area contributed by atoms with Crippen LogP contribution in [-0.4, -0.2) is 15.6 Å². The van der Waals surface area contributed by atoms with E-state index in [9.17, 15) is 0 Å². The molecular formula is C15H27N3. The summed E-state index contributed by atoms with van der Waals surface area (Å²) in [6.45, 7) is 4.52. The number of hydrogen-bond donors (Lipinski definition) is 1. The van der Waals surface area contributed by atoms with E-state index in [1.807, 2.05) is 12.4 Å². The molecule has 0 bridgehead atoms. The molecule has 0 spiro atoms. The van der Waals surface area contributed by atoms with Gasteiger partial charge in [0.15, 0.2) is 0 Å². The van der Waals surface area contributed by atoms with E-state index >= 15 is 0 Å². The van der Waals surface area contributed by atoms with Crippen LogP contribution < -0.4 is 5.32 Å². The lowest BCUT2D eigenvalue weighted by atomic mass is 9.83. The smallest absolute Gasteiger partial charge is 0.125 e. The molecular weight excluding hydrogens is 222 g/mol. The minimum Gasteiger partial charge on any atom is -0.337 e. The second-order valence-corrected chi connectivity index (χ2v) is 5.79. The Balaban J connectivity index is 1.79. The first-order chi connectivity index (χ1) is 8.70. The molecule has 0 radical (unpaired) electrons. The van der Waals surface area contributed by atoms with Gasteiger partial charge in [-0.3, -0.25) is 0 Å². The van der Waals surface area contributed by atoms with Gasteiger partial charge < -0.3 is 9.88 Å². The summed E-state index contributed by atoms with van der Waals surface area (Å²) in [4.78, 5) is 4.43. The average Bonchev–Trinajstić information content (AvgIpc) is 2.78. The third kappa shape index (κ3) is 3.35. The fourth-order valence-corrected chi connectivity index (χ4v) is 3.25. The van der Waals surface area contributed by atoms with Crippen LogP contribution in [0.3, 0.4) is 0 Å². The van der Waals surface area contributed by atoms with E-state index in [1.165, 1.54) is 38.5 Å². The summed E-state index contributed by atoms with van der Waals surface area (Å²) >= 11 is 0. The number of nitrogens with zero attached hydrogens (tertiary/aromatic N) is 2. The number of imidazole rings is 1. The SMILES string of the molecule is CCCC1CCC(NC(C)c2nccn2C)CC1. The van der Waals surface area contributed by atoms with E-state index < -0.39 is 0 Å². The number of rotatable bonds is 5. The monoisotopic (exact) mass is 249 g/mol. The second-order valence-electron chi connectivity index (χ2n) is 5.79. The Labute approximate surface area is 111 Å². The molecule has 0 amide bonds. The highest BCUT2D eigenvalue weighted by Crippen LogP contribution is 2.28. The Bertz CT molecular complexity index is 350. The van der Waals surface area contributed by atoms with Crippen molar-refractivity contribution in [1.82, 2.24) is 14.9 Å². The molecule has 1 atom stereocenters. The second kappa shape index (κ2) is 6.37. The summed E-state index contributed by atoms with van der Waals surface area (Å²) in [7, 11) is 2.07. The Morgan fingerprint density at radius 1 is 1.39 bits per heavy atom. The van der Waals surface area contributed by atoms with Gasteiger partial charge in [0.25, 0.3) is 0 Å². The van der Waals surface area contributed by atoms with Crippen molar-refractivity contribution in [2.45, 2.75) is 64.5 Å². The highest BCUT2D eigenvalue weighted by molar-refractivity contribution is 4.98. The zero-order chi connectivity index (χ0) is 13.0. The highest BCUT2D eigenvalue weighted by Gasteiger charge is 2.22. The predicted molar refractivity (Wildman–Crippen MR) is 75.4 cm³/mol. The number of aromatic nitrogens is 2. The summed E-state index contributed by atoms with van der Waals surface area (Å²) in [6, 6.07) is 1.04. The molecule has 2 rings (SSSR count). The lowest BCUT2D eigenvalue weighted by molar-refractivity contribution is 0.263. The third-order valence-corrected chi connectivity index (χ3v) is 4.28. The lowest BCUT2D eigenvalue weighted by Gasteiger charge is -2.31. The maximum absolute atomic E-state index is 4.43. The molecule has 1 aliphatic rings. The molecule has 1 N–H and O–H groups in total. The molecule has 0 aromatic carbocycles. The Morgan fingerprint density at radius 2 is 2.11 bits per heavy atom. The fourth-order valence-electron chi connectivity index (χ4n) is 3.25. The quantitative estimate of drug-likeness (QED) is 0.866. The van der Waals surface area contributed by atoms with Crippen LogP contribution >= 0.6 is 0 Å². The van der Waals surface area contributed by atoms with Gasteiger partial charge in [-0.15, -0.1) is 0 Å². The molecule has 3 heteroatoms. The first-order valence-corrected chi connectivity index (χ1v) is 7.44. The standard InChI is InChI=1S/C15H27N3/c1-4-5-13-6-8-14(9-7-13)17-12(2)15-16-10-11-18(15)3/h10-14,17H,4-9H2,1-3H3. The first-order valence-electron chi connectivity index (χ1n) is 7.44. The minimum atomic E-state index is 0.359. The molecule has 0 saturated heterocycles. The summed E-state index contributed by atoms with van der Waals surface area (Å²) in [5, 5.41) is 3.74. The molecule has 0 aliphatic heterocycles. The summed E-state index contributed by atoms with van der Waals surface area (Å²) < 4.78 is 2.11. The molecule has 1 unspecified atom stereocenters. The first kappa shape index (κ1) is 13.6.